The topological polar surface area (TPSA) is 80.5 Å². The summed E-state index contributed by atoms with van der Waals surface area (Å²) in [6.45, 7) is 2.62. The van der Waals surface area contributed by atoms with Crippen LogP contribution in [0.2, 0.25) is 0 Å². The lowest BCUT2D eigenvalue weighted by Crippen LogP contribution is -3.05. The largest absolute Gasteiger partial charge is 0.339 e. The minimum Gasteiger partial charge on any atom is -0.339 e. The minimum absolute atomic E-state index is 0.202. The number of nitrogens with one attached hydrogen (secondary N) is 3. The third-order valence-corrected chi connectivity index (χ3v) is 5.05. The van der Waals surface area contributed by atoms with Gasteiger partial charge in [-0.25, -0.2) is 4.68 Å². The molecule has 7 nitrogen and oxygen atoms in total. The minimum atomic E-state index is -0.323. The van der Waals surface area contributed by atoms with E-state index in [0.29, 0.717) is 17.8 Å². The van der Waals surface area contributed by atoms with Crippen molar-refractivity contribution in [3.05, 3.63) is 47.0 Å². The van der Waals surface area contributed by atoms with E-state index in [-0.39, 0.29) is 11.8 Å². The number of benzene rings is 1. The van der Waals surface area contributed by atoms with Gasteiger partial charge >= 0.3 is 0 Å². The molecule has 0 fully saturated rings. The predicted molar refractivity (Wildman–Crippen MR) is 102 cm³/mol. The Morgan fingerprint density at radius 3 is 2.62 bits per heavy atom. The Balaban J connectivity index is 1.75. The number of carbonyl (C=O) groups excluding carboxylic acids is 2. The number of quaternary nitrogens is 1. The van der Waals surface area contributed by atoms with Gasteiger partial charge in [0.25, 0.3) is 5.91 Å². The fourth-order valence-electron chi connectivity index (χ4n) is 2.52. The molecule has 26 heavy (non-hydrogen) atoms. The van der Waals surface area contributed by atoms with Crippen LogP contribution in [0.1, 0.15) is 21.8 Å². The van der Waals surface area contributed by atoms with Crippen LogP contribution in [0, 0.1) is 6.92 Å². The van der Waals surface area contributed by atoms with Crippen molar-refractivity contribution in [2.75, 3.05) is 20.6 Å². The van der Waals surface area contributed by atoms with E-state index >= 15 is 0 Å². The third kappa shape index (κ3) is 3.92. The number of para-hydroxylation sites is 1. The SMILES string of the molecule is Cc1nn(-c2ccccc2)c2sc(C(=O)NNC(=O)CC[NH+](C)C)cc12. The molecule has 136 valence electrons. The van der Waals surface area contributed by atoms with Gasteiger partial charge in [0, 0.05) is 5.39 Å². The van der Waals surface area contributed by atoms with Crippen LogP contribution in [0.5, 0.6) is 0 Å². The Kier molecular flexibility index (Phi) is 5.34. The van der Waals surface area contributed by atoms with Crippen molar-refractivity contribution in [2.45, 2.75) is 13.3 Å². The molecule has 0 bridgehead atoms. The first-order valence-corrected chi connectivity index (χ1v) is 9.20. The number of hydrazine groups is 1. The summed E-state index contributed by atoms with van der Waals surface area (Å²) in [6.07, 6.45) is 0.358. The number of thiophene rings is 1. The summed E-state index contributed by atoms with van der Waals surface area (Å²) in [5.74, 6) is -0.525. The van der Waals surface area contributed by atoms with Crippen molar-refractivity contribution in [3.63, 3.8) is 0 Å². The van der Waals surface area contributed by atoms with Gasteiger partial charge in [-0.15, -0.1) is 11.3 Å². The molecule has 0 aliphatic heterocycles. The molecule has 2 heterocycles. The standard InChI is InChI=1S/C18H21N5O2S/c1-12-14-11-15(17(25)20-19-16(24)9-10-22(2)3)26-18(14)23(21-12)13-7-5-4-6-8-13/h4-8,11H,9-10H2,1-3H3,(H,19,24)(H,20,25)/p+1. The Morgan fingerprint density at radius 2 is 1.92 bits per heavy atom. The van der Waals surface area contributed by atoms with E-state index < -0.39 is 0 Å². The van der Waals surface area contributed by atoms with Gasteiger partial charge in [0.05, 0.1) is 43.3 Å². The van der Waals surface area contributed by atoms with Crippen molar-refractivity contribution in [3.8, 4) is 5.69 Å². The zero-order valence-electron chi connectivity index (χ0n) is 15.0. The van der Waals surface area contributed by atoms with E-state index in [0.717, 1.165) is 21.6 Å². The van der Waals surface area contributed by atoms with Gasteiger partial charge < -0.3 is 4.90 Å². The molecule has 3 rings (SSSR count). The van der Waals surface area contributed by atoms with E-state index in [4.69, 9.17) is 0 Å². The van der Waals surface area contributed by atoms with Crippen molar-refractivity contribution < 1.29 is 14.5 Å². The zero-order valence-corrected chi connectivity index (χ0v) is 15.8. The van der Waals surface area contributed by atoms with Crippen molar-refractivity contribution in [1.82, 2.24) is 20.6 Å². The summed E-state index contributed by atoms with van der Waals surface area (Å²) in [5.41, 5.74) is 6.75. The van der Waals surface area contributed by atoms with Crippen LogP contribution in [0.4, 0.5) is 0 Å². The van der Waals surface area contributed by atoms with E-state index in [1.807, 2.05) is 62.1 Å². The van der Waals surface area contributed by atoms with Crippen LogP contribution in [0.25, 0.3) is 15.9 Å². The van der Waals surface area contributed by atoms with Crippen LogP contribution in [-0.2, 0) is 4.79 Å². The second-order valence-corrected chi connectivity index (χ2v) is 7.40. The molecule has 2 amide bonds. The highest BCUT2D eigenvalue weighted by atomic mass is 32.1. The summed E-state index contributed by atoms with van der Waals surface area (Å²) in [4.78, 5) is 26.7. The van der Waals surface area contributed by atoms with Crippen molar-refractivity contribution in [1.29, 1.82) is 0 Å². The highest BCUT2D eigenvalue weighted by molar-refractivity contribution is 7.20. The fraction of sp³-hybridized carbons (Fsp3) is 0.278. The van der Waals surface area contributed by atoms with Crippen molar-refractivity contribution in [2.24, 2.45) is 0 Å². The molecule has 0 spiro atoms. The second kappa shape index (κ2) is 7.67. The van der Waals surface area contributed by atoms with Gasteiger partial charge in [-0.05, 0) is 25.1 Å². The molecule has 0 aliphatic rings. The Labute approximate surface area is 155 Å². The number of aromatic nitrogens is 2. The lowest BCUT2D eigenvalue weighted by atomic mass is 10.3. The number of aryl methyl sites for hydroxylation is 1. The average molecular weight is 372 g/mol. The monoisotopic (exact) mass is 372 g/mol. The van der Waals surface area contributed by atoms with Gasteiger partial charge in [0.1, 0.15) is 4.83 Å². The van der Waals surface area contributed by atoms with Crippen LogP contribution >= 0.6 is 11.3 Å². The lowest BCUT2D eigenvalue weighted by Gasteiger charge is -2.08. The maximum absolute atomic E-state index is 12.4. The Hall–Kier alpha value is -2.71. The molecule has 0 saturated carbocycles. The second-order valence-electron chi connectivity index (χ2n) is 6.37. The molecule has 8 heteroatoms. The number of nitrogens with zero attached hydrogens (tertiary/aromatic N) is 2. The van der Waals surface area contributed by atoms with Gasteiger partial charge in [0.15, 0.2) is 0 Å². The highest BCUT2D eigenvalue weighted by Crippen LogP contribution is 2.30. The molecule has 1 aromatic carbocycles. The number of carbonyl (C=O) groups is 2. The quantitative estimate of drug-likeness (QED) is 0.577. The molecular formula is C18H22N5O2S+. The van der Waals surface area contributed by atoms with E-state index in [9.17, 15) is 9.59 Å². The van der Waals surface area contributed by atoms with Crippen LogP contribution in [-0.4, -0.2) is 42.2 Å². The summed E-state index contributed by atoms with van der Waals surface area (Å²) in [7, 11) is 3.95. The first-order chi connectivity index (χ1) is 12.5. The fourth-order valence-corrected chi connectivity index (χ4v) is 3.60. The van der Waals surface area contributed by atoms with Gasteiger partial charge in [-0.3, -0.25) is 20.4 Å². The number of rotatable bonds is 5. The summed E-state index contributed by atoms with van der Waals surface area (Å²) < 4.78 is 1.84. The molecular weight excluding hydrogens is 350 g/mol. The average Bonchev–Trinajstić information content (AvgIpc) is 3.19. The molecule has 3 N–H and O–H groups in total. The van der Waals surface area contributed by atoms with Gasteiger partial charge in [-0.1, -0.05) is 18.2 Å². The molecule has 0 atom stereocenters. The summed E-state index contributed by atoms with van der Waals surface area (Å²) >= 11 is 1.35. The zero-order chi connectivity index (χ0) is 18.7. The van der Waals surface area contributed by atoms with E-state index in [1.54, 1.807) is 0 Å². The molecule has 2 aromatic heterocycles. The van der Waals surface area contributed by atoms with Crippen LogP contribution in [0.3, 0.4) is 0 Å². The van der Waals surface area contributed by atoms with E-state index in [1.165, 1.54) is 16.2 Å². The maximum atomic E-state index is 12.4. The van der Waals surface area contributed by atoms with Gasteiger partial charge in [0.2, 0.25) is 5.91 Å². The normalized spacial score (nSPS) is 11.1. The number of hydrogen-bond donors (Lipinski definition) is 3. The number of fused-ring (bicyclic) bond motifs is 1. The number of hydrogen-bond acceptors (Lipinski definition) is 4. The summed E-state index contributed by atoms with van der Waals surface area (Å²) in [6, 6.07) is 11.6. The van der Waals surface area contributed by atoms with Crippen LogP contribution in [0.15, 0.2) is 36.4 Å². The molecule has 0 aliphatic carbocycles. The smallest absolute Gasteiger partial charge is 0.279 e. The van der Waals surface area contributed by atoms with Crippen LogP contribution < -0.4 is 15.8 Å². The molecule has 3 aromatic rings. The van der Waals surface area contributed by atoms with Gasteiger partial charge in [-0.2, -0.15) is 5.10 Å². The van der Waals surface area contributed by atoms with Crippen molar-refractivity contribution >= 4 is 33.4 Å². The molecule has 0 radical (unpaired) electrons. The maximum Gasteiger partial charge on any atom is 0.279 e. The first-order valence-electron chi connectivity index (χ1n) is 8.38. The Bertz CT molecular complexity index is 930. The van der Waals surface area contributed by atoms with E-state index in [2.05, 4.69) is 16.0 Å². The predicted octanol–water partition coefficient (Wildman–Crippen LogP) is 0.691. The lowest BCUT2D eigenvalue weighted by molar-refractivity contribution is -0.857. The third-order valence-electron chi connectivity index (χ3n) is 3.94. The first kappa shape index (κ1) is 18.1. The number of amides is 2. The molecule has 0 unspecified atom stereocenters. The Morgan fingerprint density at radius 1 is 1.19 bits per heavy atom. The highest BCUT2D eigenvalue weighted by Gasteiger charge is 2.17. The molecule has 0 saturated heterocycles. The summed E-state index contributed by atoms with van der Waals surface area (Å²) in [5, 5.41) is 5.50.